The van der Waals surface area contributed by atoms with E-state index in [1.165, 1.54) is 0 Å². The molecule has 0 saturated carbocycles. The quantitative estimate of drug-likeness (QED) is 0.576. The highest BCUT2D eigenvalue weighted by molar-refractivity contribution is 5.66. The van der Waals surface area contributed by atoms with Crippen LogP contribution in [0, 0.1) is 13.8 Å². The summed E-state index contributed by atoms with van der Waals surface area (Å²) >= 11 is 0. The SMILES string of the molecule is COc1ccc(Nc2c(C)c(C)nc3nc(-c4ccco4)nn23)cc1OC. The zero-order valence-corrected chi connectivity index (χ0v) is 15.5. The van der Waals surface area contributed by atoms with Crippen LogP contribution in [0.15, 0.2) is 41.0 Å². The van der Waals surface area contributed by atoms with E-state index in [2.05, 4.69) is 20.4 Å². The minimum atomic E-state index is 0.480. The maximum Gasteiger partial charge on any atom is 0.255 e. The lowest BCUT2D eigenvalue weighted by Gasteiger charge is -2.14. The number of rotatable bonds is 5. The lowest BCUT2D eigenvalue weighted by atomic mass is 10.2. The first kappa shape index (κ1) is 16.9. The maximum atomic E-state index is 5.41. The minimum absolute atomic E-state index is 0.480. The van der Waals surface area contributed by atoms with Crippen molar-refractivity contribution in [2.45, 2.75) is 13.8 Å². The molecule has 0 atom stereocenters. The van der Waals surface area contributed by atoms with Crippen LogP contribution in [0.4, 0.5) is 11.5 Å². The van der Waals surface area contributed by atoms with E-state index >= 15 is 0 Å². The van der Waals surface area contributed by atoms with Gasteiger partial charge in [0.25, 0.3) is 5.78 Å². The molecule has 0 bridgehead atoms. The number of nitrogens with zero attached hydrogens (tertiary/aromatic N) is 4. The molecule has 3 heterocycles. The van der Waals surface area contributed by atoms with Gasteiger partial charge in [-0.25, -0.2) is 4.98 Å². The molecule has 0 aliphatic carbocycles. The molecule has 27 heavy (non-hydrogen) atoms. The molecule has 8 heteroatoms. The van der Waals surface area contributed by atoms with Crippen molar-refractivity contribution in [3.8, 4) is 23.1 Å². The fourth-order valence-corrected chi connectivity index (χ4v) is 2.80. The number of ether oxygens (including phenoxy) is 2. The van der Waals surface area contributed by atoms with Crippen molar-refractivity contribution in [3.63, 3.8) is 0 Å². The summed E-state index contributed by atoms with van der Waals surface area (Å²) in [6.07, 6.45) is 1.59. The number of nitrogens with one attached hydrogen (secondary N) is 1. The highest BCUT2D eigenvalue weighted by Gasteiger charge is 2.17. The molecule has 1 N–H and O–H groups in total. The van der Waals surface area contributed by atoms with Crippen LogP contribution in [0.1, 0.15) is 11.3 Å². The second-order valence-corrected chi connectivity index (χ2v) is 5.99. The molecule has 0 spiro atoms. The van der Waals surface area contributed by atoms with Gasteiger partial charge >= 0.3 is 0 Å². The number of hydrogen-bond acceptors (Lipinski definition) is 7. The first-order valence-corrected chi connectivity index (χ1v) is 8.37. The van der Waals surface area contributed by atoms with Gasteiger partial charge in [0.15, 0.2) is 17.3 Å². The van der Waals surface area contributed by atoms with Crippen molar-refractivity contribution in [1.82, 2.24) is 19.6 Å². The van der Waals surface area contributed by atoms with Crippen LogP contribution in [0.25, 0.3) is 17.4 Å². The number of furan rings is 1. The summed E-state index contributed by atoms with van der Waals surface area (Å²) in [5.41, 5.74) is 2.66. The molecule has 4 aromatic rings. The summed E-state index contributed by atoms with van der Waals surface area (Å²) in [5.74, 6) is 3.64. The number of hydrogen-bond donors (Lipinski definition) is 1. The third kappa shape index (κ3) is 2.95. The average molecular weight is 365 g/mol. The summed E-state index contributed by atoms with van der Waals surface area (Å²) in [6, 6.07) is 9.23. The van der Waals surface area contributed by atoms with Crippen molar-refractivity contribution in [1.29, 1.82) is 0 Å². The molecule has 138 valence electrons. The lowest BCUT2D eigenvalue weighted by molar-refractivity contribution is 0.355. The van der Waals surface area contributed by atoms with Crippen LogP contribution in [-0.4, -0.2) is 33.8 Å². The fourth-order valence-electron chi connectivity index (χ4n) is 2.80. The zero-order chi connectivity index (χ0) is 19.0. The van der Waals surface area contributed by atoms with Crippen molar-refractivity contribution in [3.05, 3.63) is 47.9 Å². The Morgan fingerprint density at radius 3 is 2.56 bits per heavy atom. The molecule has 4 rings (SSSR count). The van der Waals surface area contributed by atoms with E-state index < -0.39 is 0 Å². The highest BCUT2D eigenvalue weighted by atomic mass is 16.5. The van der Waals surface area contributed by atoms with Gasteiger partial charge in [-0.1, -0.05) is 0 Å². The van der Waals surface area contributed by atoms with Crippen LogP contribution < -0.4 is 14.8 Å². The van der Waals surface area contributed by atoms with Gasteiger partial charge in [0.05, 0.1) is 20.5 Å². The van der Waals surface area contributed by atoms with Crippen molar-refractivity contribution in [2.24, 2.45) is 0 Å². The number of anilines is 2. The molecule has 0 radical (unpaired) electrons. The second-order valence-electron chi connectivity index (χ2n) is 5.99. The summed E-state index contributed by atoms with van der Waals surface area (Å²) < 4.78 is 17.8. The predicted molar refractivity (Wildman–Crippen MR) is 101 cm³/mol. The Kier molecular flexibility index (Phi) is 4.15. The van der Waals surface area contributed by atoms with Gasteiger partial charge < -0.3 is 19.2 Å². The highest BCUT2D eigenvalue weighted by Crippen LogP contribution is 2.32. The summed E-state index contributed by atoms with van der Waals surface area (Å²) in [5, 5.41) is 7.96. The molecule has 0 saturated heterocycles. The van der Waals surface area contributed by atoms with Crippen LogP contribution in [-0.2, 0) is 0 Å². The Balaban J connectivity index is 1.82. The normalized spacial score (nSPS) is 11.0. The number of methoxy groups -OCH3 is 2. The molecule has 0 amide bonds. The molecule has 0 aliphatic rings. The van der Waals surface area contributed by atoms with E-state index in [0.29, 0.717) is 28.9 Å². The standard InChI is InChI=1S/C19H19N5O3/c1-11-12(2)20-19-22-17(15-6-5-9-27-15)23-24(19)18(11)21-13-7-8-14(25-3)16(10-13)26-4/h5-10,21H,1-4H3. The molecule has 0 unspecified atom stereocenters. The largest absolute Gasteiger partial charge is 0.493 e. The monoisotopic (exact) mass is 365 g/mol. The molecule has 0 fully saturated rings. The molecule has 1 aromatic carbocycles. The third-order valence-electron chi connectivity index (χ3n) is 4.36. The Morgan fingerprint density at radius 2 is 1.85 bits per heavy atom. The zero-order valence-electron chi connectivity index (χ0n) is 15.5. The summed E-state index contributed by atoms with van der Waals surface area (Å²) in [7, 11) is 3.21. The topological polar surface area (TPSA) is 86.7 Å². The Morgan fingerprint density at radius 1 is 1.04 bits per heavy atom. The summed E-state index contributed by atoms with van der Waals surface area (Å²) in [4.78, 5) is 9.01. The second kappa shape index (κ2) is 6.64. The number of benzene rings is 1. The van der Waals surface area contributed by atoms with Crippen molar-refractivity contribution in [2.75, 3.05) is 19.5 Å². The van der Waals surface area contributed by atoms with E-state index in [0.717, 1.165) is 22.8 Å². The fraction of sp³-hybridized carbons (Fsp3) is 0.211. The van der Waals surface area contributed by atoms with Gasteiger partial charge in [0, 0.05) is 23.0 Å². The van der Waals surface area contributed by atoms with Crippen LogP contribution in [0.3, 0.4) is 0 Å². The van der Waals surface area contributed by atoms with Gasteiger partial charge in [0.1, 0.15) is 5.82 Å². The molecule has 8 nitrogen and oxygen atoms in total. The summed E-state index contributed by atoms with van der Waals surface area (Å²) in [6.45, 7) is 3.93. The number of aryl methyl sites for hydroxylation is 1. The van der Waals surface area contributed by atoms with E-state index in [1.807, 2.05) is 38.1 Å². The lowest BCUT2D eigenvalue weighted by Crippen LogP contribution is -2.06. The van der Waals surface area contributed by atoms with Gasteiger partial charge in [-0.15, -0.1) is 5.10 Å². The van der Waals surface area contributed by atoms with Crippen LogP contribution in [0.2, 0.25) is 0 Å². The third-order valence-corrected chi connectivity index (χ3v) is 4.36. The van der Waals surface area contributed by atoms with Gasteiger partial charge in [-0.2, -0.15) is 9.50 Å². The Labute approximate surface area is 155 Å². The van der Waals surface area contributed by atoms with Crippen LogP contribution >= 0.6 is 0 Å². The first-order valence-electron chi connectivity index (χ1n) is 8.37. The smallest absolute Gasteiger partial charge is 0.255 e. The predicted octanol–water partition coefficient (Wildman–Crippen LogP) is 3.76. The van der Waals surface area contributed by atoms with Crippen LogP contribution in [0.5, 0.6) is 11.5 Å². The van der Waals surface area contributed by atoms with E-state index in [9.17, 15) is 0 Å². The van der Waals surface area contributed by atoms with E-state index in [-0.39, 0.29) is 0 Å². The van der Waals surface area contributed by atoms with E-state index in [1.54, 1.807) is 31.1 Å². The van der Waals surface area contributed by atoms with Crippen molar-refractivity contribution < 1.29 is 13.9 Å². The first-order chi connectivity index (χ1) is 13.1. The molecular formula is C19H19N5O3. The Bertz CT molecular complexity index is 1100. The average Bonchev–Trinajstić information content (AvgIpc) is 3.34. The number of fused-ring (bicyclic) bond motifs is 1. The van der Waals surface area contributed by atoms with Crippen molar-refractivity contribution >= 4 is 17.3 Å². The van der Waals surface area contributed by atoms with Gasteiger partial charge in [-0.05, 0) is 38.1 Å². The molecular weight excluding hydrogens is 346 g/mol. The Hall–Kier alpha value is -3.55. The minimum Gasteiger partial charge on any atom is -0.493 e. The maximum absolute atomic E-state index is 5.41. The number of aromatic nitrogens is 4. The van der Waals surface area contributed by atoms with Gasteiger partial charge in [-0.3, -0.25) is 0 Å². The van der Waals surface area contributed by atoms with E-state index in [4.69, 9.17) is 13.9 Å². The molecule has 3 aromatic heterocycles. The molecule has 0 aliphatic heterocycles. The van der Waals surface area contributed by atoms with Gasteiger partial charge in [0.2, 0.25) is 5.82 Å².